The van der Waals surface area contributed by atoms with Crippen molar-refractivity contribution >= 4 is 19.3 Å². The molecule has 0 aromatic carbocycles. The van der Waals surface area contributed by atoms with Crippen molar-refractivity contribution in [1.29, 1.82) is 0 Å². The van der Waals surface area contributed by atoms with Gasteiger partial charge in [0.05, 0.1) is 13.2 Å². The van der Waals surface area contributed by atoms with Crippen molar-refractivity contribution in [2.45, 2.75) is 19.6 Å². The number of ether oxygens (including phenoxy) is 1. The van der Waals surface area contributed by atoms with Gasteiger partial charge in [-0.25, -0.2) is 4.79 Å². The van der Waals surface area contributed by atoms with Crippen LogP contribution in [0.25, 0.3) is 0 Å². The number of aromatic nitrogens is 2. The lowest BCUT2D eigenvalue weighted by Crippen LogP contribution is -2.35. The van der Waals surface area contributed by atoms with Crippen LogP contribution >= 0.6 is 7.60 Å². The van der Waals surface area contributed by atoms with Gasteiger partial charge in [0.15, 0.2) is 0 Å². The monoisotopic (exact) mass is 303 g/mol. The lowest BCUT2D eigenvalue weighted by Gasteiger charge is -2.26. The summed E-state index contributed by atoms with van der Waals surface area (Å²) in [6, 6.07) is 1.48. The molecule has 1 amide bonds. The molecular formula is C10H14N3O6P. The molecule has 2 N–H and O–H groups in total. The van der Waals surface area contributed by atoms with E-state index in [9.17, 15) is 14.2 Å². The van der Waals surface area contributed by atoms with Crippen LogP contribution in [0.15, 0.2) is 17.1 Å². The molecule has 0 radical (unpaired) electrons. The molecule has 2 atom stereocenters. The third-order valence-electron chi connectivity index (χ3n) is 2.51. The first kappa shape index (κ1) is 14.9. The van der Waals surface area contributed by atoms with E-state index in [2.05, 4.69) is 10.3 Å². The van der Waals surface area contributed by atoms with Crippen molar-refractivity contribution in [1.82, 2.24) is 9.55 Å². The van der Waals surface area contributed by atoms with Crippen LogP contribution in [0.5, 0.6) is 0 Å². The van der Waals surface area contributed by atoms with Crippen molar-refractivity contribution in [2.75, 3.05) is 18.3 Å². The summed E-state index contributed by atoms with van der Waals surface area (Å²) < 4.78 is 22.3. The molecule has 1 saturated heterocycles. The van der Waals surface area contributed by atoms with Crippen LogP contribution in [0.1, 0.15) is 6.92 Å². The van der Waals surface area contributed by atoms with Gasteiger partial charge < -0.3 is 19.5 Å². The van der Waals surface area contributed by atoms with Gasteiger partial charge >= 0.3 is 13.3 Å². The maximum absolute atomic E-state index is 11.7. The van der Waals surface area contributed by atoms with Gasteiger partial charge in [-0.1, -0.05) is 0 Å². The third kappa shape index (κ3) is 3.97. The van der Waals surface area contributed by atoms with Crippen LogP contribution in [-0.2, 0) is 25.2 Å². The van der Waals surface area contributed by atoms with Crippen LogP contribution in [-0.4, -0.2) is 39.4 Å². The van der Waals surface area contributed by atoms with Gasteiger partial charge in [0, 0.05) is 13.1 Å². The number of hydrogen-bond donors (Lipinski definition) is 2. The summed E-state index contributed by atoms with van der Waals surface area (Å²) in [4.78, 5) is 35.4. The Morgan fingerprint density at radius 2 is 2.45 bits per heavy atom. The smallest absolute Gasteiger partial charge is 0.353 e. The van der Waals surface area contributed by atoms with E-state index in [1.54, 1.807) is 0 Å². The Hall–Kier alpha value is -1.54. The highest BCUT2D eigenvalue weighted by molar-refractivity contribution is 7.52. The molecule has 0 saturated carbocycles. The maximum atomic E-state index is 11.7. The molecule has 1 aliphatic rings. The molecule has 20 heavy (non-hydrogen) atoms. The second-order valence-corrected chi connectivity index (χ2v) is 6.07. The third-order valence-corrected chi connectivity index (χ3v) is 3.54. The average Bonchev–Trinajstić information content (AvgIpc) is 2.34. The minimum absolute atomic E-state index is 0.0757. The molecule has 110 valence electrons. The van der Waals surface area contributed by atoms with E-state index in [1.165, 1.54) is 23.8 Å². The van der Waals surface area contributed by atoms with Crippen molar-refractivity contribution in [3.8, 4) is 0 Å². The quantitative estimate of drug-likeness (QED) is 0.739. The molecule has 0 spiro atoms. The summed E-state index contributed by atoms with van der Waals surface area (Å²) in [7, 11) is -3.64. The lowest BCUT2D eigenvalue weighted by molar-refractivity contribution is -0.114. The molecule has 1 aromatic heterocycles. The lowest BCUT2D eigenvalue weighted by atomic mass is 10.3. The van der Waals surface area contributed by atoms with Crippen molar-refractivity contribution < 1.29 is 23.5 Å². The summed E-state index contributed by atoms with van der Waals surface area (Å²) in [6.07, 6.45) is 0.552. The maximum Gasteiger partial charge on any atom is 0.353 e. The molecule has 0 bridgehead atoms. The van der Waals surface area contributed by atoms with E-state index in [1.807, 2.05) is 0 Å². The predicted molar refractivity (Wildman–Crippen MR) is 68.3 cm³/mol. The first-order chi connectivity index (χ1) is 9.35. The fourth-order valence-corrected chi connectivity index (χ4v) is 2.50. The summed E-state index contributed by atoms with van der Waals surface area (Å²) >= 11 is 0. The minimum Gasteiger partial charge on any atom is -0.361 e. The highest BCUT2D eigenvalue weighted by Gasteiger charge is 2.29. The molecule has 1 aromatic rings. The van der Waals surface area contributed by atoms with Gasteiger partial charge in [-0.2, -0.15) is 4.98 Å². The van der Waals surface area contributed by atoms with Gasteiger partial charge in [-0.05, 0) is 6.07 Å². The number of hydrogen-bond acceptors (Lipinski definition) is 6. The van der Waals surface area contributed by atoms with E-state index in [4.69, 9.17) is 14.2 Å². The summed E-state index contributed by atoms with van der Waals surface area (Å²) in [6.45, 7) is 1.38. The second kappa shape index (κ2) is 5.84. The molecular weight excluding hydrogens is 289 g/mol. The van der Waals surface area contributed by atoms with E-state index < -0.39 is 25.7 Å². The SMILES string of the molecule is CC(=O)Nc1ccn(CC2COP(=O)(O)CO2)c(=O)n1. The van der Waals surface area contributed by atoms with E-state index in [-0.39, 0.29) is 24.9 Å². The largest absolute Gasteiger partial charge is 0.361 e. The summed E-state index contributed by atoms with van der Waals surface area (Å²) in [5.74, 6) is -0.156. The predicted octanol–water partition coefficient (Wildman–Crippen LogP) is -0.240. The zero-order valence-electron chi connectivity index (χ0n) is 10.7. The Labute approximate surface area is 114 Å². The van der Waals surface area contributed by atoms with E-state index in [0.29, 0.717) is 0 Å². The fourth-order valence-electron chi connectivity index (χ4n) is 1.63. The Morgan fingerprint density at radius 1 is 1.70 bits per heavy atom. The zero-order chi connectivity index (χ0) is 14.8. The van der Waals surface area contributed by atoms with Crippen molar-refractivity contribution in [3.63, 3.8) is 0 Å². The molecule has 10 heteroatoms. The standard InChI is InChI=1S/C10H14N3O6P/c1-7(14)11-9-2-3-13(10(15)12-9)4-8-5-19-20(16,17)6-18-8/h2-3,8H,4-6H2,1H3,(H,16,17)(H,11,12,14,15). The summed E-state index contributed by atoms with van der Waals surface area (Å²) in [5, 5.41) is 2.40. The van der Waals surface area contributed by atoms with Gasteiger partial charge in [-0.15, -0.1) is 0 Å². The molecule has 0 aliphatic carbocycles. The number of amides is 1. The average molecular weight is 303 g/mol. The number of nitrogens with one attached hydrogen (secondary N) is 1. The Morgan fingerprint density at radius 3 is 3.00 bits per heavy atom. The fraction of sp³-hybridized carbons (Fsp3) is 0.500. The van der Waals surface area contributed by atoms with Gasteiger partial charge in [0.2, 0.25) is 5.91 Å². The van der Waals surface area contributed by atoms with Gasteiger partial charge in [0.25, 0.3) is 0 Å². The first-order valence-electron chi connectivity index (χ1n) is 5.79. The van der Waals surface area contributed by atoms with Crippen molar-refractivity contribution in [3.05, 3.63) is 22.7 Å². The Bertz CT molecular complexity index is 603. The van der Waals surface area contributed by atoms with Crippen molar-refractivity contribution in [2.24, 2.45) is 0 Å². The minimum atomic E-state index is -3.64. The van der Waals surface area contributed by atoms with E-state index in [0.717, 1.165) is 0 Å². The molecule has 1 fully saturated rings. The van der Waals surface area contributed by atoms with Crippen LogP contribution in [0.3, 0.4) is 0 Å². The highest BCUT2D eigenvalue weighted by atomic mass is 31.2. The molecule has 2 rings (SSSR count). The Kier molecular flexibility index (Phi) is 4.34. The number of carbonyl (C=O) groups excluding carboxylic acids is 1. The van der Waals surface area contributed by atoms with Gasteiger partial charge in [-0.3, -0.25) is 13.9 Å². The molecule has 9 nitrogen and oxygen atoms in total. The topological polar surface area (TPSA) is 120 Å². The zero-order valence-corrected chi connectivity index (χ0v) is 11.6. The molecule has 2 unspecified atom stereocenters. The van der Waals surface area contributed by atoms with Crippen LogP contribution < -0.4 is 11.0 Å². The number of carbonyl (C=O) groups is 1. The molecule has 2 heterocycles. The van der Waals surface area contributed by atoms with Gasteiger partial charge in [0.1, 0.15) is 18.3 Å². The second-order valence-electron chi connectivity index (χ2n) is 4.28. The Balaban J connectivity index is 2.02. The number of rotatable bonds is 3. The van der Waals surface area contributed by atoms with E-state index >= 15 is 0 Å². The number of anilines is 1. The van der Waals surface area contributed by atoms with Crippen LogP contribution in [0, 0.1) is 0 Å². The normalized spacial score (nSPS) is 26.2. The highest BCUT2D eigenvalue weighted by Crippen LogP contribution is 2.44. The van der Waals surface area contributed by atoms with Crippen LogP contribution in [0.4, 0.5) is 5.82 Å². The first-order valence-corrected chi connectivity index (χ1v) is 7.55. The molecule has 1 aliphatic heterocycles. The number of nitrogens with zero attached hydrogens (tertiary/aromatic N) is 2. The van der Waals surface area contributed by atoms with Crippen LogP contribution in [0.2, 0.25) is 0 Å². The summed E-state index contributed by atoms with van der Waals surface area (Å²) in [5.41, 5.74) is -0.558.